The Balaban J connectivity index is 1.85. The number of sulfone groups is 1. The molecule has 0 saturated heterocycles. The van der Waals surface area contributed by atoms with Gasteiger partial charge in [-0.15, -0.1) is 0 Å². The largest absolute Gasteiger partial charge is 0.497 e. The molecule has 0 spiro atoms. The van der Waals surface area contributed by atoms with Crippen LogP contribution in [0.3, 0.4) is 0 Å². The fourth-order valence-corrected chi connectivity index (χ4v) is 5.65. The van der Waals surface area contributed by atoms with Crippen LogP contribution < -0.4 is 14.6 Å². The summed E-state index contributed by atoms with van der Waals surface area (Å²) in [4.78, 5) is 0.307. The zero-order valence-corrected chi connectivity index (χ0v) is 17.3. The Labute approximate surface area is 165 Å². The second-order valence-corrected chi connectivity index (χ2v) is 10.7. The van der Waals surface area contributed by atoms with E-state index in [0.29, 0.717) is 23.0 Å². The van der Waals surface area contributed by atoms with Crippen LogP contribution >= 0.6 is 7.37 Å². The van der Waals surface area contributed by atoms with E-state index in [0.717, 1.165) is 0 Å². The molecule has 0 radical (unpaired) electrons. The Hall–Kier alpha value is -2.56. The van der Waals surface area contributed by atoms with Crippen LogP contribution in [0.15, 0.2) is 88.7 Å². The van der Waals surface area contributed by atoms with E-state index in [2.05, 4.69) is 0 Å². The fraction of sp³-hybridized carbons (Fsp3) is 0.143. The van der Waals surface area contributed by atoms with E-state index in [1.165, 1.54) is 43.5 Å². The lowest BCUT2D eigenvalue weighted by molar-refractivity contribution is 0.414. The molecule has 1 atom stereocenters. The molecule has 0 aromatic heterocycles. The van der Waals surface area contributed by atoms with E-state index in [4.69, 9.17) is 9.26 Å². The highest BCUT2D eigenvalue weighted by atomic mass is 32.2. The van der Waals surface area contributed by atoms with Gasteiger partial charge < -0.3 is 9.26 Å². The molecule has 0 fully saturated rings. The molecule has 0 N–H and O–H groups in total. The van der Waals surface area contributed by atoms with Gasteiger partial charge in [0.15, 0.2) is 0 Å². The van der Waals surface area contributed by atoms with Crippen LogP contribution in [0.2, 0.25) is 0 Å². The van der Waals surface area contributed by atoms with E-state index in [9.17, 15) is 13.0 Å². The van der Waals surface area contributed by atoms with Crippen molar-refractivity contribution in [3.63, 3.8) is 0 Å². The molecule has 3 rings (SSSR count). The lowest BCUT2D eigenvalue weighted by atomic mass is 10.3. The van der Waals surface area contributed by atoms with Crippen LogP contribution in [0.4, 0.5) is 0 Å². The molecule has 0 aliphatic heterocycles. The van der Waals surface area contributed by atoms with Crippen molar-refractivity contribution in [1.29, 1.82) is 0 Å². The summed E-state index contributed by atoms with van der Waals surface area (Å²) in [5, 5.41) is 0.632. The molecule has 7 heteroatoms. The van der Waals surface area contributed by atoms with Gasteiger partial charge in [-0.25, -0.2) is 8.42 Å². The fourth-order valence-electron chi connectivity index (χ4n) is 2.70. The summed E-state index contributed by atoms with van der Waals surface area (Å²) in [5.74, 6) is 0.946. The number of hydrogen-bond acceptors (Lipinski definition) is 5. The number of rotatable bonds is 7. The first-order valence-corrected chi connectivity index (χ1v) is 12.0. The summed E-state index contributed by atoms with van der Waals surface area (Å²) in [6, 6.07) is 21.2. The molecule has 0 saturated carbocycles. The van der Waals surface area contributed by atoms with Crippen LogP contribution in [0.1, 0.15) is 6.92 Å². The summed E-state index contributed by atoms with van der Waals surface area (Å²) in [5.41, 5.74) is 0. The van der Waals surface area contributed by atoms with Crippen molar-refractivity contribution in [2.45, 2.75) is 16.7 Å². The van der Waals surface area contributed by atoms with Gasteiger partial charge in [-0.05, 0) is 60.7 Å². The Morgan fingerprint density at radius 3 is 1.75 bits per heavy atom. The van der Waals surface area contributed by atoms with Gasteiger partial charge in [-0.1, -0.05) is 25.1 Å². The Morgan fingerprint density at radius 2 is 1.29 bits per heavy atom. The van der Waals surface area contributed by atoms with Crippen molar-refractivity contribution in [2.75, 3.05) is 13.3 Å². The molecular weight excluding hydrogens is 395 g/mol. The quantitative estimate of drug-likeness (QED) is 0.529. The number of methoxy groups -OCH3 is 1. The molecule has 3 aromatic carbocycles. The normalized spacial score (nSPS) is 13.5. The van der Waals surface area contributed by atoms with Gasteiger partial charge in [0, 0.05) is 11.5 Å². The average Bonchev–Trinajstić information content (AvgIpc) is 2.74. The third-order valence-electron chi connectivity index (χ3n) is 4.32. The summed E-state index contributed by atoms with van der Waals surface area (Å²) >= 11 is 0. The highest BCUT2D eigenvalue weighted by Gasteiger charge is 2.25. The highest BCUT2D eigenvalue weighted by molar-refractivity contribution is 7.91. The molecule has 28 heavy (non-hydrogen) atoms. The molecule has 0 aliphatic rings. The van der Waals surface area contributed by atoms with E-state index >= 15 is 0 Å². The van der Waals surface area contributed by atoms with Crippen LogP contribution in [0, 0.1) is 0 Å². The smallest absolute Gasteiger partial charge is 0.276 e. The first-order chi connectivity index (χ1) is 13.4. The molecule has 0 bridgehead atoms. The molecule has 0 aliphatic carbocycles. The SMILES string of the molecule is CCP(=O)(Oc1ccc(S(=O)(=O)c2ccc(OC)cc2)cc1)c1ccccc1. The maximum Gasteiger partial charge on any atom is 0.276 e. The van der Waals surface area contributed by atoms with Gasteiger partial charge in [-0.3, -0.25) is 4.57 Å². The predicted molar refractivity (Wildman–Crippen MR) is 110 cm³/mol. The van der Waals surface area contributed by atoms with E-state index < -0.39 is 17.2 Å². The monoisotopic (exact) mass is 416 g/mol. The number of ether oxygens (including phenoxy) is 1. The summed E-state index contributed by atoms with van der Waals surface area (Å²) in [6.07, 6.45) is 0.336. The molecule has 3 aromatic rings. The van der Waals surface area contributed by atoms with Crippen molar-refractivity contribution < 1.29 is 22.2 Å². The summed E-state index contributed by atoms with van der Waals surface area (Å²) < 4.78 is 49.6. The third-order valence-corrected chi connectivity index (χ3v) is 8.53. The van der Waals surface area contributed by atoms with Crippen LogP contribution in [-0.4, -0.2) is 21.7 Å². The average molecular weight is 416 g/mol. The van der Waals surface area contributed by atoms with Crippen LogP contribution in [-0.2, 0) is 14.4 Å². The maximum absolute atomic E-state index is 13.2. The van der Waals surface area contributed by atoms with Crippen molar-refractivity contribution in [1.82, 2.24) is 0 Å². The second kappa shape index (κ2) is 8.21. The Bertz CT molecular complexity index is 1080. The van der Waals surface area contributed by atoms with Crippen molar-refractivity contribution in [3.05, 3.63) is 78.9 Å². The van der Waals surface area contributed by atoms with E-state index in [1.54, 1.807) is 31.2 Å². The number of hydrogen-bond donors (Lipinski definition) is 0. The lowest BCUT2D eigenvalue weighted by Crippen LogP contribution is -2.11. The summed E-state index contributed by atoms with van der Waals surface area (Å²) in [7, 11) is -5.20. The zero-order chi connectivity index (χ0) is 20.2. The maximum atomic E-state index is 13.2. The van der Waals surface area contributed by atoms with Crippen molar-refractivity contribution in [2.24, 2.45) is 0 Å². The molecule has 0 heterocycles. The molecule has 5 nitrogen and oxygen atoms in total. The van der Waals surface area contributed by atoms with Gasteiger partial charge in [-0.2, -0.15) is 0 Å². The second-order valence-electron chi connectivity index (χ2n) is 6.07. The zero-order valence-electron chi connectivity index (χ0n) is 15.6. The Morgan fingerprint density at radius 1 is 0.786 bits per heavy atom. The molecule has 1 unspecified atom stereocenters. The van der Waals surface area contributed by atoms with Gasteiger partial charge in [0.1, 0.15) is 11.5 Å². The van der Waals surface area contributed by atoms with E-state index in [1.807, 2.05) is 18.2 Å². The highest BCUT2D eigenvalue weighted by Crippen LogP contribution is 2.45. The minimum Gasteiger partial charge on any atom is -0.497 e. The molecular formula is C21H21O5PS. The Kier molecular flexibility index (Phi) is 5.92. The lowest BCUT2D eigenvalue weighted by Gasteiger charge is -2.18. The third kappa shape index (κ3) is 4.13. The first kappa shape index (κ1) is 20.2. The van der Waals surface area contributed by atoms with Crippen molar-refractivity contribution in [3.8, 4) is 11.5 Å². The first-order valence-electron chi connectivity index (χ1n) is 8.72. The topological polar surface area (TPSA) is 69.7 Å². The van der Waals surface area contributed by atoms with Gasteiger partial charge in [0.2, 0.25) is 9.84 Å². The summed E-state index contributed by atoms with van der Waals surface area (Å²) in [6.45, 7) is 1.80. The minimum absolute atomic E-state index is 0.135. The van der Waals surface area contributed by atoms with E-state index in [-0.39, 0.29) is 9.79 Å². The number of benzene rings is 3. The predicted octanol–water partition coefficient (Wildman–Crippen LogP) is 4.53. The van der Waals surface area contributed by atoms with Crippen LogP contribution in [0.25, 0.3) is 0 Å². The molecule has 0 amide bonds. The van der Waals surface area contributed by atoms with Crippen LogP contribution in [0.5, 0.6) is 11.5 Å². The van der Waals surface area contributed by atoms with Gasteiger partial charge in [0.25, 0.3) is 7.37 Å². The molecule has 146 valence electrons. The van der Waals surface area contributed by atoms with Crippen molar-refractivity contribution >= 4 is 22.5 Å². The van der Waals surface area contributed by atoms with Gasteiger partial charge in [0.05, 0.1) is 16.9 Å². The minimum atomic E-state index is -3.66. The van der Waals surface area contributed by atoms with Gasteiger partial charge >= 0.3 is 0 Å². The standard InChI is InChI=1S/C21H21O5PS/c1-3-27(22,19-7-5-4-6-8-19)26-18-11-15-21(16-12-18)28(23,24)20-13-9-17(25-2)10-14-20/h4-16H,3H2,1-2H3.